The lowest BCUT2D eigenvalue weighted by Crippen LogP contribution is -2.32. The Bertz CT molecular complexity index is 851. The van der Waals surface area contributed by atoms with Gasteiger partial charge in [-0.1, -0.05) is 0 Å². The van der Waals surface area contributed by atoms with Gasteiger partial charge in [-0.25, -0.2) is 13.6 Å². The van der Waals surface area contributed by atoms with E-state index in [4.69, 9.17) is 4.42 Å². The molecule has 1 amide bonds. The molecular weight excluding hydrogens is 324 g/mol. The summed E-state index contributed by atoms with van der Waals surface area (Å²) < 4.78 is 32.2. The van der Waals surface area contributed by atoms with E-state index in [0.29, 0.717) is 0 Å². The molecule has 1 aromatic carbocycles. The first-order valence-corrected chi connectivity index (χ1v) is 7.13. The summed E-state index contributed by atoms with van der Waals surface area (Å²) in [6.45, 7) is -0.140. The van der Waals surface area contributed by atoms with Crippen molar-refractivity contribution in [2.75, 3.05) is 6.54 Å². The molecule has 2 heterocycles. The lowest BCUT2D eigenvalue weighted by Gasteiger charge is -2.24. The van der Waals surface area contributed by atoms with E-state index >= 15 is 0 Å². The molecule has 1 aliphatic rings. The third-order valence-electron chi connectivity index (χ3n) is 3.82. The van der Waals surface area contributed by atoms with Crippen LogP contribution >= 0.6 is 0 Å². The third-order valence-corrected chi connectivity index (χ3v) is 3.82. The first-order chi connectivity index (χ1) is 11.3. The number of hydrogen-bond donors (Lipinski definition) is 2. The van der Waals surface area contributed by atoms with Gasteiger partial charge in [0.15, 0.2) is 5.76 Å². The molecule has 1 saturated heterocycles. The van der Waals surface area contributed by atoms with Gasteiger partial charge < -0.3 is 19.5 Å². The Morgan fingerprint density at radius 3 is 2.71 bits per heavy atom. The first kappa shape index (κ1) is 16.1. The number of carbonyl (C=O) groups excluding carboxylic acids is 1. The molecular formula is C16H13F2NO5. The average molecular weight is 337 g/mol. The standard InChI is InChI=1S/C16H13F2NO5/c17-8-1-2-12(18)11(3-8)13-4-10(21)7-19(13)16(23)14-5-9(20)6-15(22)24-14/h1-3,5-6,10,13,20-21H,4,7H2/t10-,13+/m0/s1. The second-order valence-corrected chi connectivity index (χ2v) is 5.53. The Labute approximate surface area is 134 Å². The van der Waals surface area contributed by atoms with Gasteiger partial charge in [-0.2, -0.15) is 0 Å². The SMILES string of the molecule is O=C(c1cc(O)cc(=O)o1)N1C[C@@H](O)C[C@@H]1c1cc(F)ccc1F. The van der Waals surface area contributed by atoms with Crippen molar-refractivity contribution in [3.8, 4) is 5.75 Å². The molecule has 0 unspecified atom stereocenters. The van der Waals surface area contributed by atoms with Crippen LogP contribution in [0, 0.1) is 11.6 Å². The Morgan fingerprint density at radius 2 is 2.00 bits per heavy atom. The topological polar surface area (TPSA) is 91.0 Å². The number of likely N-dealkylation sites (tertiary alicyclic amines) is 1. The van der Waals surface area contributed by atoms with Crippen molar-refractivity contribution in [2.24, 2.45) is 0 Å². The van der Waals surface area contributed by atoms with Crippen LogP contribution in [0.15, 0.2) is 39.5 Å². The lowest BCUT2D eigenvalue weighted by atomic mass is 10.0. The van der Waals surface area contributed by atoms with Crippen molar-refractivity contribution in [1.29, 1.82) is 0 Å². The molecule has 2 N–H and O–H groups in total. The molecule has 3 rings (SSSR count). The summed E-state index contributed by atoms with van der Waals surface area (Å²) in [5.74, 6) is -3.11. The molecule has 0 bridgehead atoms. The fourth-order valence-electron chi connectivity index (χ4n) is 2.81. The zero-order chi connectivity index (χ0) is 17.4. The maximum absolute atomic E-state index is 14.0. The molecule has 0 radical (unpaired) electrons. The normalized spacial score (nSPS) is 20.4. The van der Waals surface area contributed by atoms with Crippen molar-refractivity contribution < 1.29 is 28.2 Å². The third kappa shape index (κ3) is 3.00. The monoisotopic (exact) mass is 337 g/mol. The molecule has 1 fully saturated rings. The van der Waals surface area contributed by atoms with E-state index in [1.54, 1.807) is 0 Å². The van der Waals surface area contributed by atoms with Gasteiger partial charge in [0.25, 0.3) is 5.91 Å². The lowest BCUT2D eigenvalue weighted by molar-refractivity contribution is 0.0675. The highest BCUT2D eigenvalue weighted by Crippen LogP contribution is 2.35. The van der Waals surface area contributed by atoms with E-state index < -0.39 is 46.8 Å². The van der Waals surface area contributed by atoms with Crippen molar-refractivity contribution in [2.45, 2.75) is 18.6 Å². The predicted molar refractivity (Wildman–Crippen MR) is 77.4 cm³/mol. The zero-order valence-corrected chi connectivity index (χ0v) is 12.3. The summed E-state index contributed by atoms with van der Waals surface area (Å²) in [5.41, 5.74) is -1.01. The minimum absolute atomic E-state index is 0.00909. The van der Waals surface area contributed by atoms with Crippen LogP contribution < -0.4 is 5.63 Å². The van der Waals surface area contributed by atoms with Gasteiger partial charge in [-0.05, 0) is 24.6 Å². The quantitative estimate of drug-likeness (QED) is 0.868. The van der Waals surface area contributed by atoms with E-state index in [1.807, 2.05) is 0 Å². The molecule has 6 nitrogen and oxygen atoms in total. The van der Waals surface area contributed by atoms with Gasteiger partial charge >= 0.3 is 5.63 Å². The van der Waals surface area contributed by atoms with Gasteiger partial charge in [-0.15, -0.1) is 0 Å². The molecule has 0 saturated carbocycles. The Kier molecular flexibility index (Phi) is 4.06. The van der Waals surface area contributed by atoms with Crippen LogP contribution in [-0.4, -0.2) is 33.7 Å². The number of hydrogen-bond acceptors (Lipinski definition) is 5. The number of halogens is 2. The van der Waals surface area contributed by atoms with Crippen LogP contribution in [0.4, 0.5) is 8.78 Å². The van der Waals surface area contributed by atoms with E-state index in [2.05, 4.69) is 0 Å². The fraction of sp³-hybridized carbons (Fsp3) is 0.250. The summed E-state index contributed by atoms with van der Waals surface area (Å²) >= 11 is 0. The van der Waals surface area contributed by atoms with Crippen molar-refractivity contribution in [1.82, 2.24) is 4.90 Å². The van der Waals surface area contributed by atoms with Crippen molar-refractivity contribution in [3.05, 3.63) is 63.7 Å². The largest absolute Gasteiger partial charge is 0.508 e. The van der Waals surface area contributed by atoms with Gasteiger partial charge in [0.05, 0.1) is 18.2 Å². The number of benzene rings is 1. The van der Waals surface area contributed by atoms with E-state index in [0.717, 1.165) is 35.2 Å². The highest BCUT2D eigenvalue weighted by molar-refractivity contribution is 5.92. The van der Waals surface area contributed by atoms with Crippen LogP contribution in [-0.2, 0) is 0 Å². The molecule has 1 aromatic heterocycles. The summed E-state index contributed by atoms with van der Waals surface area (Å²) in [4.78, 5) is 24.9. The molecule has 8 heteroatoms. The first-order valence-electron chi connectivity index (χ1n) is 7.13. The smallest absolute Gasteiger partial charge is 0.340 e. The highest BCUT2D eigenvalue weighted by atomic mass is 19.1. The molecule has 0 spiro atoms. The van der Waals surface area contributed by atoms with Gasteiger partial charge in [0.1, 0.15) is 17.4 Å². The fourth-order valence-corrected chi connectivity index (χ4v) is 2.81. The molecule has 2 aromatic rings. The second-order valence-electron chi connectivity index (χ2n) is 5.53. The Balaban J connectivity index is 2.00. The van der Waals surface area contributed by atoms with Gasteiger partial charge in [-0.3, -0.25) is 4.79 Å². The summed E-state index contributed by atoms with van der Waals surface area (Å²) in [5, 5.41) is 19.3. The van der Waals surface area contributed by atoms with Crippen LogP contribution in [0.25, 0.3) is 0 Å². The number of aliphatic hydroxyl groups is 1. The summed E-state index contributed by atoms with van der Waals surface area (Å²) in [6.07, 6.45) is -0.930. The summed E-state index contributed by atoms with van der Waals surface area (Å²) in [7, 11) is 0. The maximum atomic E-state index is 14.0. The van der Waals surface area contributed by atoms with E-state index in [1.165, 1.54) is 0 Å². The van der Waals surface area contributed by atoms with Gasteiger partial charge in [0, 0.05) is 18.2 Å². The van der Waals surface area contributed by atoms with Crippen molar-refractivity contribution >= 4 is 5.91 Å². The van der Waals surface area contributed by atoms with E-state index in [9.17, 15) is 28.6 Å². The van der Waals surface area contributed by atoms with Gasteiger partial charge in [0.2, 0.25) is 0 Å². The molecule has 24 heavy (non-hydrogen) atoms. The predicted octanol–water partition coefficient (Wildman–Crippen LogP) is 1.57. The zero-order valence-electron chi connectivity index (χ0n) is 12.3. The Hall–Kier alpha value is -2.74. The highest BCUT2D eigenvalue weighted by Gasteiger charge is 2.38. The van der Waals surface area contributed by atoms with Crippen LogP contribution in [0.5, 0.6) is 5.75 Å². The molecule has 2 atom stereocenters. The van der Waals surface area contributed by atoms with Crippen LogP contribution in [0.1, 0.15) is 28.6 Å². The summed E-state index contributed by atoms with van der Waals surface area (Å²) in [6, 6.07) is 3.66. The molecule has 126 valence electrons. The molecule has 1 aliphatic heterocycles. The number of aliphatic hydroxyl groups excluding tert-OH is 1. The van der Waals surface area contributed by atoms with Crippen LogP contribution in [0.3, 0.4) is 0 Å². The minimum Gasteiger partial charge on any atom is -0.508 e. The number of amides is 1. The average Bonchev–Trinajstić information content (AvgIpc) is 2.89. The van der Waals surface area contributed by atoms with Crippen molar-refractivity contribution in [3.63, 3.8) is 0 Å². The number of aromatic hydroxyl groups is 1. The molecule has 0 aliphatic carbocycles. The minimum atomic E-state index is -0.939. The van der Waals surface area contributed by atoms with Crippen LogP contribution in [0.2, 0.25) is 0 Å². The number of nitrogens with zero attached hydrogens (tertiary/aromatic N) is 1. The number of carbonyl (C=O) groups is 1. The number of β-amino-alcohol motifs (C(OH)–C–C–N with tert-alkyl or cyclic N) is 1. The number of rotatable bonds is 2. The Morgan fingerprint density at radius 1 is 1.25 bits per heavy atom. The maximum Gasteiger partial charge on any atom is 0.340 e. The second kappa shape index (κ2) is 6.04. The van der Waals surface area contributed by atoms with E-state index in [-0.39, 0.29) is 18.5 Å².